The van der Waals surface area contributed by atoms with E-state index in [1.54, 1.807) is 0 Å². The van der Waals surface area contributed by atoms with Crippen molar-refractivity contribution in [3.05, 3.63) is 23.8 Å². The number of carbonyl (C=O) groups excluding carboxylic acids is 1. The van der Waals surface area contributed by atoms with Crippen LogP contribution in [0.25, 0.3) is 0 Å². The van der Waals surface area contributed by atoms with Crippen LogP contribution in [0.5, 0.6) is 0 Å². The Hall–Kier alpha value is -1.59. The van der Waals surface area contributed by atoms with E-state index < -0.39 is 0 Å². The minimum absolute atomic E-state index is 0.0142. The van der Waals surface area contributed by atoms with Crippen molar-refractivity contribution < 1.29 is 9.90 Å². The van der Waals surface area contributed by atoms with Crippen molar-refractivity contribution in [2.75, 3.05) is 36.5 Å². The van der Waals surface area contributed by atoms with Gasteiger partial charge in [-0.3, -0.25) is 4.79 Å². The minimum Gasteiger partial charge on any atom is -0.395 e. The van der Waals surface area contributed by atoms with Gasteiger partial charge in [-0.2, -0.15) is 0 Å². The zero-order valence-corrected chi connectivity index (χ0v) is 15.4. The van der Waals surface area contributed by atoms with E-state index in [0.29, 0.717) is 0 Å². The molecule has 1 amide bonds. The Labute approximate surface area is 145 Å². The predicted molar refractivity (Wildman–Crippen MR) is 99.6 cm³/mol. The number of benzene rings is 1. The summed E-state index contributed by atoms with van der Waals surface area (Å²) < 4.78 is 0. The Morgan fingerprint density at radius 2 is 1.96 bits per heavy atom. The molecule has 134 valence electrons. The van der Waals surface area contributed by atoms with Gasteiger partial charge in [0.1, 0.15) is 0 Å². The van der Waals surface area contributed by atoms with Crippen LogP contribution in [0.2, 0.25) is 0 Å². The molecule has 1 saturated heterocycles. The lowest BCUT2D eigenvalue weighted by molar-refractivity contribution is -0.115. The normalized spacial score (nSPS) is 16.3. The standard InChI is InChI=1S/C19H31N3O2/c1-14-11-15(22-9-5-6-10-22)7-8-16(14)21-18(24)12-20-17(13-23)19(2,3)4/h7-8,11,17,20,23H,5-6,9-10,12-13H2,1-4H3,(H,21,24). The number of rotatable bonds is 6. The van der Waals surface area contributed by atoms with E-state index in [1.165, 1.54) is 18.5 Å². The van der Waals surface area contributed by atoms with Crippen LogP contribution in [-0.4, -0.2) is 43.3 Å². The monoisotopic (exact) mass is 333 g/mol. The average Bonchev–Trinajstić information content (AvgIpc) is 3.03. The van der Waals surface area contributed by atoms with Crippen LogP contribution in [0, 0.1) is 12.3 Å². The molecule has 1 atom stereocenters. The van der Waals surface area contributed by atoms with Crippen LogP contribution in [0.3, 0.4) is 0 Å². The molecule has 1 aliphatic heterocycles. The number of nitrogens with zero attached hydrogens (tertiary/aromatic N) is 1. The van der Waals surface area contributed by atoms with Gasteiger partial charge in [0.2, 0.25) is 5.91 Å². The third-order valence-corrected chi connectivity index (χ3v) is 4.69. The van der Waals surface area contributed by atoms with E-state index in [1.807, 2.05) is 33.8 Å². The molecule has 0 aliphatic carbocycles. The summed E-state index contributed by atoms with van der Waals surface area (Å²) in [6.07, 6.45) is 2.51. The lowest BCUT2D eigenvalue weighted by atomic mass is 9.87. The molecule has 24 heavy (non-hydrogen) atoms. The van der Waals surface area contributed by atoms with Crippen molar-refractivity contribution in [1.29, 1.82) is 0 Å². The Morgan fingerprint density at radius 3 is 2.50 bits per heavy atom. The van der Waals surface area contributed by atoms with Gasteiger partial charge in [-0.15, -0.1) is 0 Å². The predicted octanol–water partition coefficient (Wildman–Crippen LogP) is 2.53. The van der Waals surface area contributed by atoms with E-state index in [9.17, 15) is 9.90 Å². The number of aliphatic hydroxyl groups excluding tert-OH is 1. The lowest BCUT2D eigenvalue weighted by Crippen LogP contribution is -2.46. The molecule has 3 N–H and O–H groups in total. The number of carbonyl (C=O) groups is 1. The molecule has 0 saturated carbocycles. The van der Waals surface area contributed by atoms with Crippen molar-refractivity contribution in [3.63, 3.8) is 0 Å². The van der Waals surface area contributed by atoms with Gasteiger partial charge in [0, 0.05) is 30.5 Å². The summed E-state index contributed by atoms with van der Waals surface area (Å²) >= 11 is 0. The average molecular weight is 333 g/mol. The van der Waals surface area contributed by atoms with Gasteiger partial charge in [0.25, 0.3) is 0 Å². The molecule has 0 radical (unpaired) electrons. The third-order valence-electron chi connectivity index (χ3n) is 4.69. The molecule has 1 aliphatic rings. The molecule has 2 rings (SSSR count). The summed E-state index contributed by atoms with van der Waals surface area (Å²) in [6, 6.07) is 6.09. The molecular formula is C19H31N3O2. The fourth-order valence-corrected chi connectivity index (χ4v) is 3.02. The number of hydrogen-bond donors (Lipinski definition) is 3. The van der Waals surface area contributed by atoms with E-state index in [4.69, 9.17) is 0 Å². The van der Waals surface area contributed by atoms with Gasteiger partial charge in [0.05, 0.1) is 13.2 Å². The van der Waals surface area contributed by atoms with Crippen LogP contribution in [0.1, 0.15) is 39.2 Å². The molecule has 0 bridgehead atoms. The number of aliphatic hydroxyl groups is 1. The molecule has 1 aromatic carbocycles. The quantitative estimate of drug-likeness (QED) is 0.748. The summed E-state index contributed by atoms with van der Waals surface area (Å²) in [5.41, 5.74) is 3.06. The maximum Gasteiger partial charge on any atom is 0.238 e. The molecule has 0 aromatic heterocycles. The molecule has 1 aromatic rings. The first-order valence-electron chi connectivity index (χ1n) is 8.81. The number of aryl methyl sites for hydroxylation is 1. The molecule has 5 nitrogen and oxygen atoms in total. The summed E-state index contributed by atoms with van der Waals surface area (Å²) in [6.45, 7) is 10.6. The van der Waals surface area contributed by atoms with Gasteiger partial charge < -0.3 is 20.6 Å². The smallest absolute Gasteiger partial charge is 0.238 e. The summed E-state index contributed by atoms with van der Waals surface area (Å²) in [7, 11) is 0. The maximum atomic E-state index is 12.2. The van der Waals surface area contributed by atoms with Crippen LogP contribution in [-0.2, 0) is 4.79 Å². The van der Waals surface area contributed by atoms with Crippen LogP contribution < -0.4 is 15.5 Å². The highest BCUT2D eigenvalue weighted by Crippen LogP contribution is 2.25. The zero-order chi connectivity index (χ0) is 17.7. The SMILES string of the molecule is Cc1cc(N2CCCC2)ccc1NC(=O)CNC(CO)C(C)(C)C. The van der Waals surface area contributed by atoms with Crippen LogP contribution in [0.4, 0.5) is 11.4 Å². The van der Waals surface area contributed by atoms with Crippen molar-refractivity contribution >= 4 is 17.3 Å². The highest BCUT2D eigenvalue weighted by atomic mass is 16.3. The van der Waals surface area contributed by atoms with E-state index in [0.717, 1.165) is 24.3 Å². The number of anilines is 2. The highest BCUT2D eigenvalue weighted by molar-refractivity contribution is 5.93. The lowest BCUT2D eigenvalue weighted by Gasteiger charge is -2.29. The largest absolute Gasteiger partial charge is 0.395 e. The first kappa shape index (κ1) is 18.7. The van der Waals surface area contributed by atoms with Crippen LogP contribution >= 0.6 is 0 Å². The Kier molecular flexibility index (Phi) is 6.24. The summed E-state index contributed by atoms with van der Waals surface area (Å²) in [5.74, 6) is -0.0882. The van der Waals surface area contributed by atoms with Gasteiger partial charge in [-0.25, -0.2) is 0 Å². The Morgan fingerprint density at radius 1 is 1.29 bits per heavy atom. The fraction of sp³-hybridized carbons (Fsp3) is 0.632. The molecule has 1 heterocycles. The first-order chi connectivity index (χ1) is 11.3. The van der Waals surface area contributed by atoms with Crippen molar-refractivity contribution in [3.8, 4) is 0 Å². The van der Waals surface area contributed by atoms with Gasteiger partial charge in [-0.1, -0.05) is 20.8 Å². The highest BCUT2D eigenvalue weighted by Gasteiger charge is 2.24. The Balaban J connectivity index is 1.91. The molecule has 0 spiro atoms. The molecule has 5 heteroatoms. The summed E-state index contributed by atoms with van der Waals surface area (Å²) in [5, 5.41) is 15.5. The van der Waals surface area contributed by atoms with Crippen molar-refractivity contribution in [2.24, 2.45) is 5.41 Å². The molecular weight excluding hydrogens is 302 g/mol. The topological polar surface area (TPSA) is 64.6 Å². The van der Waals surface area contributed by atoms with Crippen LogP contribution in [0.15, 0.2) is 18.2 Å². The number of nitrogens with one attached hydrogen (secondary N) is 2. The summed E-state index contributed by atoms with van der Waals surface area (Å²) in [4.78, 5) is 14.6. The van der Waals surface area contributed by atoms with E-state index >= 15 is 0 Å². The van der Waals surface area contributed by atoms with Gasteiger partial charge in [-0.05, 0) is 48.9 Å². The first-order valence-corrected chi connectivity index (χ1v) is 8.81. The van der Waals surface area contributed by atoms with E-state index in [2.05, 4.69) is 27.7 Å². The van der Waals surface area contributed by atoms with Gasteiger partial charge >= 0.3 is 0 Å². The second-order valence-electron chi connectivity index (χ2n) is 7.72. The van der Waals surface area contributed by atoms with Gasteiger partial charge in [0.15, 0.2) is 0 Å². The number of amides is 1. The molecule has 1 fully saturated rings. The zero-order valence-electron chi connectivity index (χ0n) is 15.4. The van der Waals surface area contributed by atoms with E-state index in [-0.39, 0.29) is 30.5 Å². The minimum atomic E-state index is -0.109. The third kappa shape index (κ3) is 4.95. The second kappa shape index (κ2) is 7.99. The molecule has 1 unspecified atom stereocenters. The van der Waals surface area contributed by atoms with Crippen molar-refractivity contribution in [1.82, 2.24) is 5.32 Å². The fourth-order valence-electron chi connectivity index (χ4n) is 3.02. The maximum absolute atomic E-state index is 12.2. The number of hydrogen-bond acceptors (Lipinski definition) is 4. The Bertz CT molecular complexity index is 560. The second-order valence-corrected chi connectivity index (χ2v) is 7.72. The van der Waals surface area contributed by atoms with Crippen molar-refractivity contribution in [2.45, 2.75) is 46.6 Å².